The molecule has 0 aromatic heterocycles. The number of aryl methyl sites for hydroxylation is 1. The summed E-state index contributed by atoms with van der Waals surface area (Å²) in [7, 11) is -3.65. The van der Waals surface area contributed by atoms with Crippen molar-refractivity contribution in [1.82, 2.24) is 0 Å². The van der Waals surface area contributed by atoms with Crippen LogP contribution in [-0.4, -0.2) is 19.2 Å². The normalized spacial score (nSPS) is 26.5. The highest BCUT2D eigenvalue weighted by molar-refractivity contribution is 7.92. The van der Waals surface area contributed by atoms with Crippen LogP contribution in [0.25, 0.3) is 0 Å². The SMILES string of the molecule is CCc1ccc([C@@H]2[C@@H](S(=O)(=O)c3ccccc3)[C@]2(N)C#N)cc1. The first-order chi connectivity index (χ1) is 10.9. The lowest BCUT2D eigenvalue weighted by Gasteiger charge is -2.04. The van der Waals surface area contributed by atoms with Gasteiger partial charge in [-0.1, -0.05) is 49.4 Å². The van der Waals surface area contributed by atoms with Crippen molar-refractivity contribution in [2.45, 2.75) is 34.9 Å². The van der Waals surface area contributed by atoms with Crippen LogP contribution in [0.3, 0.4) is 0 Å². The second-order valence-electron chi connectivity index (χ2n) is 5.90. The summed E-state index contributed by atoms with van der Waals surface area (Å²) in [6, 6.07) is 17.9. The minimum Gasteiger partial charge on any atom is -0.312 e. The molecule has 4 nitrogen and oxygen atoms in total. The molecule has 3 atom stereocenters. The van der Waals surface area contributed by atoms with E-state index in [0.29, 0.717) is 0 Å². The Kier molecular flexibility index (Phi) is 3.75. The van der Waals surface area contributed by atoms with Crippen LogP contribution in [0.4, 0.5) is 0 Å². The van der Waals surface area contributed by atoms with Crippen molar-refractivity contribution >= 4 is 9.84 Å². The molecule has 118 valence electrons. The van der Waals surface area contributed by atoms with Gasteiger partial charge in [-0.25, -0.2) is 8.42 Å². The Balaban J connectivity index is 2.01. The monoisotopic (exact) mass is 326 g/mol. The van der Waals surface area contributed by atoms with Crippen molar-refractivity contribution in [3.63, 3.8) is 0 Å². The number of rotatable bonds is 4. The molecule has 0 radical (unpaired) electrons. The summed E-state index contributed by atoms with van der Waals surface area (Å²) in [6.45, 7) is 2.05. The molecule has 2 N–H and O–H groups in total. The first-order valence-electron chi connectivity index (χ1n) is 7.53. The van der Waals surface area contributed by atoms with Gasteiger partial charge in [-0.2, -0.15) is 5.26 Å². The first-order valence-corrected chi connectivity index (χ1v) is 9.07. The molecule has 1 aliphatic carbocycles. The molecule has 0 saturated heterocycles. The second kappa shape index (κ2) is 5.48. The van der Waals surface area contributed by atoms with Crippen LogP contribution >= 0.6 is 0 Å². The van der Waals surface area contributed by atoms with Gasteiger partial charge in [0.2, 0.25) is 0 Å². The molecular weight excluding hydrogens is 308 g/mol. The van der Waals surface area contributed by atoms with Crippen LogP contribution < -0.4 is 5.73 Å². The second-order valence-corrected chi connectivity index (χ2v) is 7.97. The largest absolute Gasteiger partial charge is 0.312 e. The molecule has 1 aliphatic rings. The summed E-state index contributed by atoms with van der Waals surface area (Å²) in [5.74, 6) is -0.497. The zero-order valence-corrected chi connectivity index (χ0v) is 13.6. The predicted octanol–water partition coefficient (Wildman–Crippen LogP) is 2.41. The van der Waals surface area contributed by atoms with Crippen molar-refractivity contribution in [1.29, 1.82) is 5.26 Å². The minimum atomic E-state index is -3.65. The van der Waals surface area contributed by atoms with E-state index >= 15 is 0 Å². The standard InChI is InChI=1S/C18H18N2O2S/c1-2-13-8-10-14(11-9-13)16-17(18(16,20)12-19)23(21,22)15-6-4-3-5-7-15/h3-11,16-17H,2,20H2,1H3/t16-,17-,18+/m1/s1. The summed E-state index contributed by atoms with van der Waals surface area (Å²) in [5.41, 5.74) is 6.71. The van der Waals surface area contributed by atoms with Crippen molar-refractivity contribution in [3.05, 3.63) is 65.7 Å². The van der Waals surface area contributed by atoms with Gasteiger partial charge in [-0.3, -0.25) is 0 Å². The van der Waals surface area contributed by atoms with E-state index in [-0.39, 0.29) is 4.90 Å². The van der Waals surface area contributed by atoms with E-state index in [2.05, 4.69) is 6.92 Å². The Labute approximate surface area is 136 Å². The Morgan fingerprint density at radius 3 is 2.26 bits per heavy atom. The Morgan fingerprint density at radius 2 is 1.74 bits per heavy atom. The Morgan fingerprint density at radius 1 is 1.13 bits per heavy atom. The minimum absolute atomic E-state index is 0.211. The number of nitrogens with zero attached hydrogens (tertiary/aromatic N) is 1. The predicted molar refractivity (Wildman–Crippen MR) is 88.5 cm³/mol. The average molecular weight is 326 g/mol. The van der Waals surface area contributed by atoms with Gasteiger partial charge in [0.15, 0.2) is 9.84 Å². The zero-order chi connectivity index (χ0) is 16.7. The maximum Gasteiger partial charge on any atom is 0.184 e. The third-order valence-electron chi connectivity index (χ3n) is 4.53. The molecule has 1 fully saturated rings. The van der Waals surface area contributed by atoms with E-state index in [1.807, 2.05) is 30.3 Å². The fourth-order valence-electron chi connectivity index (χ4n) is 3.11. The fraction of sp³-hybridized carbons (Fsp3) is 0.278. The molecule has 0 aliphatic heterocycles. The molecule has 2 aromatic carbocycles. The molecule has 0 heterocycles. The molecule has 3 rings (SSSR count). The summed E-state index contributed by atoms with van der Waals surface area (Å²) in [4.78, 5) is 0.211. The lowest BCUT2D eigenvalue weighted by Crippen LogP contribution is -2.29. The van der Waals surface area contributed by atoms with E-state index < -0.39 is 26.5 Å². The smallest absolute Gasteiger partial charge is 0.184 e. The van der Waals surface area contributed by atoms with Gasteiger partial charge in [0, 0.05) is 5.92 Å². The summed E-state index contributed by atoms with van der Waals surface area (Å²) in [5, 5.41) is 8.53. The highest BCUT2D eigenvalue weighted by Gasteiger charge is 2.70. The Bertz CT molecular complexity index is 854. The molecular formula is C18H18N2O2S. The number of hydrogen-bond acceptors (Lipinski definition) is 4. The number of benzene rings is 2. The van der Waals surface area contributed by atoms with Crippen LogP contribution in [0, 0.1) is 11.3 Å². The van der Waals surface area contributed by atoms with E-state index in [9.17, 15) is 13.7 Å². The van der Waals surface area contributed by atoms with Crippen LogP contribution in [0.5, 0.6) is 0 Å². The fourth-order valence-corrected chi connectivity index (χ4v) is 5.32. The van der Waals surface area contributed by atoms with Crippen LogP contribution in [-0.2, 0) is 16.3 Å². The van der Waals surface area contributed by atoms with Gasteiger partial charge >= 0.3 is 0 Å². The van der Waals surface area contributed by atoms with Crippen LogP contribution in [0.1, 0.15) is 24.0 Å². The Hall–Kier alpha value is -2.16. The molecule has 23 heavy (non-hydrogen) atoms. The first kappa shape index (κ1) is 15.7. The summed E-state index contributed by atoms with van der Waals surface area (Å²) >= 11 is 0. The van der Waals surface area contributed by atoms with Crippen molar-refractivity contribution in [3.8, 4) is 6.07 Å². The van der Waals surface area contributed by atoms with Crippen LogP contribution in [0.15, 0.2) is 59.5 Å². The van der Waals surface area contributed by atoms with E-state index in [1.165, 1.54) is 0 Å². The highest BCUT2D eigenvalue weighted by Crippen LogP contribution is 2.55. The summed E-state index contributed by atoms with van der Waals surface area (Å²) in [6.07, 6.45) is 0.905. The van der Waals surface area contributed by atoms with Gasteiger partial charge in [0.25, 0.3) is 0 Å². The van der Waals surface area contributed by atoms with Crippen molar-refractivity contribution < 1.29 is 8.42 Å². The highest BCUT2D eigenvalue weighted by atomic mass is 32.2. The number of hydrogen-bond donors (Lipinski definition) is 1. The average Bonchev–Trinajstić information content (AvgIpc) is 3.23. The molecule has 2 aromatic rings. The number of nitriles is 1. The van der Waals surface area contributed by atoms with E-state index in [4.69, 9.17) is 5.73 Å². The van der Waals surface area contributed by atoms with Crippen LogP contribution in [0.2, 0.25) is 0 Å². The molecule has 0 amide bonds. The van der Waals surface area contributed by atoms with E-state index in [0.717, 1.165) is 17.5 Å². The maximum absolute atomic E-state index is 12.8. The van der Waals surface area contributed by atoms with Gasteiger partial charge < -0.3 is 5.73 Å². The lowest BCUT2D eigenvalue weighted by atomic mass is 10.0. The zero-order valence-electron chi connectivity index (χ0n) is 12.8. The topological polar surface area (TPSA) is 83.9 Å². The van der Waals surface area contributed by atoms with Crippen molar-refractivity contribution in [2.24, 2.45) is 5.73 Å². The molecule has 1 saturated carbocycles. The quantitative estimate of drug-likeness (QED) is 0.935. The number of nitrogens with two attached hydrogens (primary N) is 1. The van der Waals surface area contributed by atoms with Gasteiger partial charge in [-0.15, -0.1) is 0 Å². The maximum atomic E-state index is 12.8. The third-order valence-corrected chi connectivity index (χ3v) is 6.79. The lowest BCUT2D eigenvalue weighted by molar-refractivity contribution is 0.592. The molecule has 0 unspecified atom stereocenters. The van der Waals surface area contributed by atoms with Gasteiger partial charge in [0.1, 0.15) is 10.8 Å². The van der Waals surface area contributed by atoms with Crippen molar-refractivity contribution in [2.75, 3.05) is 0 Å². The number of sulfone groups is 1. The van der Waals surface area contributed by atoms with Gasteiger partial charge in [-0.05, 0) is 29.7 Å². The van der Waals surface area contributed by atoms with Gasteiger partial charge in [0.05, 0.1) is 11.0 Å². The molecule has 0 spiro atoms. The summed E-state index contributed by atoms with van der Waals surface area (Å²) < 4.78 is 25.7. The van der Waals surface area contributed by atoms with E-state index in [1.54, 1.807) is 30.3 Å². The third kappa shape index (κ3) is 2.44. The molecule has 0 bridgehead atoms. The molecule has 5 heteroatoms.